The number of likely N-dealkylation sites (tertiary alicyclic amines) is 1. The molecule has 0 aromatic carbocycles. The first-order valence-corrected chi connectivity index (χ1v) is 6.67. The second kappa shape index (κ2) is 6.36. The molecule has 0 radical (unpaired) electrons. The summed E-state index contributed by atoms with van der Waals surface area (Å²) in [4.78, 5) is 14.1. The van der Waals surface area contributed by atoms with Gasteiger partial charge in [0.2, 0.25) is 0 Å². The quantitative estimate of drug-likeness (QED) is 0.715. The number of nitrogens with zero attached hydrogens (tertiary/aromatic N) is 1. The molecule has 1 unspecified atom stereocenters. The predicted molar refractivity (Wildman–Crippen MR) is 69.0 cm³/mol. The van der Waals surface area contributed by atoms with E-state index < -0.39 is 0 Å². The number of ether oxygens (including phenoxy) is 1. The molecule has 1 atom stereocenters. The topological polar surface area (TPSA) is 41.6 Å². The van der Waals surface area contributed by atoms with Gasteiger partial charge in [0.05, 0.1) is 13.0 Å². The molecule has 0 spiro atoms. The Hall–Kier alpha value is -0.610. The maximum absolute atomic E-state index is 11.7. The molecule has 100 valence electrons. The normalized spacial score (nSPS) is 25.5. The van der Waals surface area contributed by atoms with Crippen molar-refractivity contribution in [1.82, 2.24) is 10.2 Å². The van der Waals surface area contributed by atoms with Crippen LogP contribution in [0.3, 0.4) is 0 Å². The fraction of sp³-hybridized carbons (Fsp3) is 0.923. The second-order valence-corrected chi connectivity index (χ2v) is 5.11. The van der Waals surface area contributed by atoms with Gasteiger partial charge in [-0.3, -0.25) is 9.69 Å². The fourth-order valence-corrected chi connectivity index (χ4v) is 2.56. The first-order valence-electron chi connectivity index (χ1n) is 6.67. The Morgan fingerprint density at radius 2 is 2.18 bits per heavy atom. The van der Waals surface area contributed by atoms with Crippen molar-refractivity contribution in [3.8, 4) is 0 Å². The zero-order valence-corrected chi connectivity index (χ0v) is 11.6. The largest absolute Gasteiger partial charge is 0.466 e. The molecule has 4 nitrogen and oxygen atoms in total. The van der Waals surface area contributed by atoms with Crippen molar-refractivity contribution in [1.29, 1.82) is 0 Å². The van der Waals surface area contributed by atoms with Crippen molar-refractivity contribution in [3.63, 3.8) is 0 Å². The standard InChI is InChI=1S/C13H26N2O2/c1-5-14-13(9-12(16)17-6-2)7-8-15(10-13)11(3)4/h11,14H,5-10H2,1-4H3. The zero-order chi connectivity index (χ0) is 12.9. The molecule has 0 aromatic rings. The molecule has 1 heterocycles. The van der Waals surface area contributed by atoms with E-state index in [1.54, 1.807) is 0 Å². The molecule has 17 heavy (non-hydrogen) atoms. The smallest absolute Gasteiger partial charge is 0.307 e. The van der Waals surface area contributed by atoms with Crippen LogP contribution >= 0.6 is 0 Å². The lowest BCUT2D eigenvalue weighted by Crippen LogP contribution is -2.49. The molecule has 1 fully saturated rings. The Labute approximate surface area is 105 Å². The Balaban J connectivity index is 2.61. The van der Waals surface area contributed by atoms with Crippen LogP contribution in [-0.4, -0.2) is 48.7 Å². The van der Waals surface area contributed by atoms with Crippen molar-refractivity contribution in [2.24, 2.45) is 0 Å². The van der Waals surface area contributed by atoms with Gasteiger partial charge in [-0.2, -0.15) is 0 Å². The van der Waals surface area contributed by atoms with E-state index in [0.717, 1.165) is 26.1 Å². The number of carbonyl (C=O) groups excluding carboxylic acids is 1. The maximum atomic E-state index is 11.7. The molecule has 0 saturated carbocycles. The van der Waals surface area contributed by atoms with E-state index in [1.807, 2.05) is 6.92 Å². The van der Waals surface area contributed by atoms with Crippen molar-refractivity contribution >= 4 is 5.97 Å². The van der Waals surface area contributed by atoms with E-state index in [9.17, 15) is 4.79 Å². The van der Waals surface area contributed by atoms with Crippen LogP contribution in [0.25, 0.3) is 0 Å². The molecular formula is C13H26N2O2. The fourth-order valence-electron chi connectivity index (χ4n) is 2.56. The van der Waals surface area contributed by atoms with Crippen LogP contribution in [0, 0.1) is 0 Å². The number of nitrogens with one attached hydrogen (secondary N) is 1. The summed E-state index contributed by atoms with van der Waals surface area (Å²) < 4.78 is 5.07. The molecule has 1 saturated heterocycles. The molecular weight excluding hydrogens is 216 g/mol. The highest BCUT2D eigenvalue weighted by Crippen LogP contribution is 2.26. The van der Waals surface area contributed by atoms with Gasteiger partial charge in [0.25, 0.3) is 0 Å². The molecule has 1 aliphatic rings. The average Bonchev–Trinajstić information content (AvgIpc) is 2.63. The molecule has 1 N–H and O–H groups in total. The van der Waals surface area contributed by atoms with Gasteiger partial charge >= 0.3 is 5.97 Å². The first-order chi connectivity index (χ1) is 8.03. The SMILES string of the molecule is CCNC1(CC(=O)OCC)CCN(C(C)C)C1. The highest BCUT2D eigenvalue weighted by atomic mass is 16.5. The Kier molecular flexibility index (Phi) is 5.40. The van der Waals surface area contributed by atoms with E-state index in [4.69, 9.17) is 4.74 Å². The second-order valence-electron chi connectivity index (χ2n) is 5.11. The molecule has 0 amide bonds. The summed E-state index contributed by atoms with van der Waals surface area (Å²) in [6, 6.07) is 0.540. The third-order valence-electron chi connectivity index (χ3n) is 3.45. The summed E-state index contributed by atoms with van der Waals surface area (Å²) in [6.45, 7) is 11.7. The van der Waals surface area contributed by atoms with Crippen LogP contribution < -0.4 is 5.32 Å². The van der Waals surface area contributed by atoms with E-state index in [1.165, 1.54) is 0 Å². The van der Waals surface area contributed by atoms with E-state index in [0.29, 0.717) is 19.1 Å². The van der Waals surface area contributed by atoms with Gasteiger partial charge < -0.3 is 10.1 Å². The number of hydrogen-bond acceptors (Lipinski definition) is 4. The first kappa shape index (κ1) is 14.5. The van der Waals surface area contributed by atoms with Crippen molar-refractivity contribution in [2.45, 2.75) is 52.1 Å². The minimum atomic E-state index is -0.0842. The monoisotopic (exact) mass is 242 g/mol. The van der Waals surface area contributed by atoms with Gasteiger partial charge in [0.1, 0.15) is 0 Å². The lowest BCUT2D eigenvalue weighted by Gasteiger charge is -2.30. The summed E-state index contributed by atoms with van der Waals surface area (Å²) in [5.74, 6) is -0.0842. The van der Waals surface area contributed by atoms with Gasteiger partial charge in [-0.15, -0.1) is 0 Å². The van der Waals surface area contributed by atoms with Gasteiger partial charge in [0.15, 0.2) is 0 Å². The van der Waals surface area contributed by atoms with Gasteiger partial charge in [-0.25, -0.2) is 0 Å². The van der Waals surface area contributed by atoms with Gasteiger partial charge in [0, 0.05) is 24.7 Å². The minimum absolute atomic E-state index is 0.0781. The van der Waals surface area contributed by atoms with Crippen LogP contribution in [0.1, 0.15) is 40.5 Å². The number of esters is 1. The maximum Gasteiger partial charge on any atom is 0.307 e. The Morgan fingerprint density at radius 3 is 2.65 bits per heavy atom. The molecule has 4 heteroatoms. The third-order valence-corrected chi connectivity index (χ3v) is 3.45. The molecule has 0 aromatic heterocycles. The molecule has 1 aliphatic heterocycles. The van der Waals surface area contributed by atoms with E-state index >= 15 is 0 Å². The minimum Gasteiger partial charge on any atom is -0.466 e. The highest BCUT2D eigenvalue weighted by molar-refractivity contribution is 5.71. The summed E-state index contributed by atoms with van der Waals surface area (Å²) in [5, 5.41) is 3.49. The Morgan fingerprint density at radius 1 is 1.47 bits per heavy atom. The molecule has 0 bridgehead atoms. The third kappa shape index (κ3) is 3.96. The van der Waals surface area contributed by atoms with Crippen molar-refractivity contribution < 1.29 is 9.53 Å². The highest BCUT2D eigenvalue weighted by Gasteiger charge is 2.40. The van der Waals surface area contributed by atoms with Crippen LogP contribution in [0.5, 0.6) is 0 Å². The van der Waals surface area contributed by atoms with E-state index in [2.05, 4.69) is 31.0 Å². The summed E-state index contributed by atoms with van der Waals surface area (Å²) in [7, 11) is 0. The van der Waals surface area contributed by atoms with Gasteiger partial charge in [-0.1, -0.05) is 6.92 Å². The lowest BCUT2D eigenvalue weighted by atomic mass is 9.94. The van der Waals surface area contributed by atoms with E-state index in [-0.39, 0.29) is 11.5 Å². The number of rotatable bonds is 6. The molecule has 0 aliphatic carbocycles. The van der Waals surface area contributed by atoms with Gasteiger partial charge in [-0.05, 0) is 33.7 Å². The predicted octanol–water partition coefficient (Wildman–Crippen LogP) is 1.40. The summed E-state index contributed by atoms with van der Waals surface area (Å²) in [5.41, 5.74) is -0.0781. The van der Waals surface area contributed by atoms with Crippen molar-refractivity contribution in [3.05, 3.63) is 0 Å². The number of carbonyl (C=O) groups is 1. The summed E-state index contributed by atoms with van der Waals surface area (Å²) >= 11 is 0. The molecule has 1 rings (SSSR count). The zero-order valence-electron chi connectivity index (χ0n) is 11.6. The van der Waals surface area contributed by atoms with Crippen molar-refractivity contribution in [2.75, 3.05) is 26.2 Å². The van der Waals surface area contributed by atoms with Crippen LogP contribution in [-0.2, 0) is 9.53 Å². The van der Waals surface area contributed by atoms with Crippen LogP contribution in [0.2, 0.25) is 0 Å². The number of likely N-dealkylation sites (N-methyl/N-ethyl adjacent to an activating group) is 1. The lowest BCUT2D eigenvalue weighted by molar-refractivity contribution is -0.144. The van der Waals surface area contributed by atoms with Crippen LogP contribution in [0.15, 0.2) is 0 Å². The average molecular weight is 242 g/mol. The van der Waals surface area contributed by atoms with Crippen LogP contribution in [0.4, 0.5) is 0 Å². The number of hydrogen-bond donors (Lipinski definition) is 1. The Bertz CT molecular complexity index is 256. The summed E-state index contributed by atoms with van der Waals surface area (Å²) in [6.07, 6.45) is 1.51.